The van der Waals surface area contributed by atoms with Gasteiger partial charge in [-0.2, -0.15) is 0 Å². The highest BCUT2D eigenvalue weighted by Crippen LogP contribution is 2.04. The molecule has 0 aromatic carbocycles. The number of likely N-dealkylation sites (N-methyl/N-ethyl adjacent to an activating group) is 1. The third-order valence-electron chi connectivity index (χ3n) is 1.90. The van der Waals surface area contributed by atoms with E-state index in [-0.39, 0.29) is 0 Å². The molecule has 0 radical (unpaired) electrons. The zero-order valence-corrected chi connectivity index (χ0v) is 8.59. The van der Waals surface area contributed by atoms with E-state index in [1.807, 2.05) is 13.0 Å². The molecule has 1 nitrogen and oxygen atoms in total. The molecule has 0 atom stereocenters. The Labute approximate surface area is 76.1 Å². The molecule has 0 spiro atoms. The van der Waals surface area contributed by atoms with E-state index < -0.39 is 0 Å². The van der Waals surface area contributed by atoms with Crippen LogP contribution in [0, 0.1) is 0 Å². The largest absolute Gasteiger partial charge is 0.374 e. The first-order valence-electron chi connectivity index (χ1n) is 4.25. The highest BCUT2D eigenvalue weighted by molar-refractivity contribution is 5.19. The molecule has 0 aliphatic rings. The number of allylic oxidation sites excluding steroid dienone is 4. The van der Waals surface area contributed by atoms with Gasteiger partial charge in [0, 0.05) is 19.3 Å². The van der Waals surface area contributed by atoms with Gasteiger partial charge in [0.05, 0.1) is 0 Å². The van der Waals surface area contributed by atoms with Crippen LogP contribution in [0.4, 0.5) is 0 Å². The first kappa shape index (κ1) is 11.0. The number of hydrogen-bond acceptors (Lipinski definition) is 1. The van der Waals surface area contributed by atoms with Crippen LogP contribution < -0.4 is 0 Å². The highest BCUT2D eigenvalue weighted by atomic mass is 15.1. The Morgan fingerprint density at radius 3 is 2.42 bits per heavy atom. The van der Waals surface area contributed by atoms with Gasteiger partial charge >= 0.3 is 0 Å². The zero-order valence-electron chi connectivity index (χ0n) is 8.59. The van der Waals surface area contributed by atoms with Crippen molar-refractivity contribution in [3.05, 3.63) is 36.1 Å². The second kappa shape index (κ2) is 5.64. The van der Waals surface area contributed by atoms with Gasteiger partial charge in [0.1, 0.15) is 0 Å². The summed E-state index contributed by atoms with van der Waals surface area (Å²) in [5.41, 5.74) is 2.56. The molecule has 68 valence electrons. The molecular weight excluding hydrogens is 146 g/mol. The van der Waals surface area contributed by atoms with Crippen molar-refractivity contribution in [2.75, 3.05) is 13.6 Å². The summed E-state index contributed by atoms with van der Waals surface area (Å²) in [4.78, 5) is 2.17. The molecule has 12 heavy (non-hydrogen) atoms. The summed E-state index contributed by atoms with van der Waals surface area (Å²) in [5, 5.41) is 0. The Kier molecular flexibility index (Phi) is 5.18. The van der Waals surface area contributed by atoms with Crippen molar-refractivity contribution in [1.82, 2.24) is 4.90 Å². The quantitative estimate of drug-likeness (QED) is 0.457. The van der Waals surface area contributed by atoms with Crippen LogP contribution in [0.25, 0.3) is 0 Å². The van der Waals surface area contributed by atoms with Gasteiger partial charge in [0.25, 0.3) is 0 Å². The van der Waals surface area contributed by atoms with Crippen molar-refractivity contribution in [2.24, 2.45) is 0 Å². The Morgan fingerprint density at radius 1 is 1.42 bits per heavy atom. The van der Waals surface area contributed by atoms with E-state index in [9.17, 15) is 0 Å². The maximum absolute atomic E-state index is 3.70. The van der Waals surface area contributed by atoms with Crippen LogP contribution in [-0.2, 0) is 0 Å². The lowest BCUT2D eigenvalue weighted by Crippen LogP contribution is -2.15. The van der Waals surface area contributed by atoms with E-state index in [2.05, 4.69) is 44.5 Å². The maximum Gasteiger partial charge on any atom is 0.0350 e. The smallest absolute Gasteiger partial charge is 0.0350 e. The van der Waals surface area contributed by atoms with Crippen molar-refractivity contribution < 1.29 is 0 Å². The van der Waals surface area contributed by atoms with Crippen molar-refractivity contribution >= 4 is 0 Å². The van der Waals surface area contributed by atoms with Gasteiger partial charge in [-0.1, -0.05) is 17.7 Å². The Hall–Kier alpha value is -0.980. The fraction of sp³-hybridized carbons (Fsp3) is 0.455. The summed E-state index contributed by atoms with van der Waals surface area (Å²) in [7, 11) is 2.07. The van der Waals surface area contributed by atoms with Crippen LogP contribution in [-0.4, -0.2) is 18.5 Å². The fourth-order valence-corrected chi connectivity index (χ4v) is 0.861. The minimum Gasteiger partial charge on any atom is -0.374 e. The number of nitrogens with zero attached hydrogens (tertiary/aromatic N) is 1. The summed E-state index contributed by atoms with van der Waals surface area (Å²) in [6.07, 6.45) is 6.18. The first-order chi connectivity index (χ1) is 5.61. The average Bonchev–Trinajstić information content (AvgIpc) is 2.04. The Morgan fingerprint density at radius 2 is 2.00 bits per heavy atom. The van der Waals surface area contributed by atoms with Gasteiger partial charge in [-0.05, 0) is 26.8 Å². The summed E-state index contributed by atoms with van der Waals surface area (Å²) in [6.45, 7) is 10.9. The molecule has 0 saturated heterocycles. The highest BCUT2D eigenvalue weighted by Gasteiger charge is 1.94. The van der Waals surface area contributed by atoms with Crippen LogP contribution in [0.2, 0.25) is 0 Å². The summed E-state index contributed by atoms with van der Waals surface area (Å²) in [5.74, 6) is 0. The predicted octanol–water partition coefficient (Wildman–Crippen LogP) is 2.97. The Bertz CT molecular complexity index is 199. The van der Waals surface area contributed by atoms with Crippen molar-refractivity contribution in [3.63, 3.8) is 0 Å². The molecule has 0 bridgehead atoms. The fourth-order valence-electron chi connectivity index (χ4n) is 0.861. The monoisotopic (exact) mass is 165 g/mol. The lowest BCUT2D eigenvalue weighted by molar-refractivity contribution is 0.465. The van der Waals surface area contributed by atoms with E-state index in [1.165, 1.54) is 11.3 Å². The van der Waals surface area contributed by atoms with Crippen LogP contribution in [0.15, 0.2) is 36.1 Å². The van der Waals surface area contributed by atoms with Gasteiger partial charge in [0.15, 0.2) is 0 Å². The number of rotatable bonds is 4. The lowest BCUT2D eigenvalue weighted by Gasteiger charge is -2.17. The molecule has 0 aliphatic carbocycles. The van der Waals surface area contributed by atoms with Crippen molar-refractivity contribution in [1.29, 1.82) is 0 Å². The van der Waals surface area contributed by atoms with Gasteiger partial charge in [-0.25, -0.2) is 0 Å². The zero-order chi connectivity index (χ0) is 9.56. The minimum atomic E-state index is 0.902. The molecule has 0 aromatic heterocycles. The van der Waals surface area contributed by atoms with Gasteiger partial charge in [0.2, 0.25) is 0 Å². The SMILES string of the molecule is C=CCN(C)/C(C)=C\C(C)=C/C. The summed E-state index contributed by atoms with van der Waals surface area (Å²) < 4.78 is 0. The average molecular weight is 165 g/mol. The second-order valence-corrected chi connectivity index (χ2v) is 2.99. The van der Waals surface area contributed by atoms with E-state index in [1.54, 1.807) is 0 Å². The molecule has 0 fully saturated rings. The van der Waals surface area contributed by atoms with Crippen molar-refractivity contribution in [3.8, 4) is 0 Å². The molecule has 0 saturated carbocycles. The molecule has 0 aromatic rings. The van der Waals surface area contributed by atoms with Crippen LogP contribution in [0.3, 0.4) is 0 Å². The van der Waals surface area contributed by atoms with E-state index in [0.29, 0.717) is 0 Å². The lowest BCUT2D eigenvalue weighted by atomic mass is 10.2. The molecule has 0 rings (SSSR count). The number of hydrogen-bond donors (Lipinski definition) is 0. The molecular formula is C11H19N. The van der Waals surface area contributed by atoms with Gasteiger partial charge < -0.3 is 4.90 Å². The molecule has 0 unspecified atom stereocenters. The second-order valence-electron chi connectivity index (χ2n) is 2.99. The third-order valence-corrected chi connectivity index (χ3v) is 1.90. The van der Waals surface area contributed by atoms with Crippen LogP contribution in [0.5, 0.6) is 0 Å². The van der Waals surface area contributed by atoms with Crippen molar-refractivity contribution in [2.45, 2.75) is 20.8 Å². The Balaban J connectivity index is 4.25. The van der Waals surface area contributed by atoms with Crippen LogP contribution >= 0.6 is 0 Å². The summed E-state index contributed by atoms with van der Waals surface area (Å²) >= 11 is 0. The normalized spacial score (nSPS) is 13.0. The first-order valence-corrected chi connectivity index (χ1v) is 4.25. The molecule has 0 amide bonds. The third kappa shape index (κ3) is 4.02. The predicted molar refractivity (Wildman–Crippen MR) is 56.0 cm³/mol. The minimum absolute atomic E-state index is 0.902. The van der Waals surface area contributed by atoms with Gasteiger partial charge in [-0.15, -0.1) is 6.58 Å². The standard InChI is InChI=1S/C11H19N/c1-6-8-12(5)11(4)9-10(3)7-2/h6-7,9H,1,8H2,2-5H3/b10-7-,11-9-. The molecule has 1 heteroatoms. The molecule has 0 aliphatic heterocycles. The summed E-state index contributed by atoms with van der Waals surface area (Å²) in [6, 6.07) is 0. The molecule has 0 heterocycles. The maximum atomic E-state index is 3.70. The van der Waals surface area contributed by atoms with Crippen LogP contribution in [0.1, 0.15) is 20.8 Å². The van der Waals surface area contributed by atoms with E-state index in [0.717, 1.165) is 6.54 Å². The van der Waals surface area contributed by atoms with Gasteiger partial charge in [-0.3, -0.25) is 0 Å². The van der Waals surface area contributed by atoms with E-state index >= 15 is 0 Å². The topological polar surface area (TPSA) is 3.24 Å². The molecule has 0 N–H and O–H groups in total. The van der Waals surface area contributed by atoms with E-state index in [4.69, 9.17) is 0 Å².